The molecule has 0 aromatic heterocycles. The van der Waals surface area contributed by atoms with Crippen LogP contribution in [0.1, 0.15) is 75.8 Å². The van der Waals surface area contributed by atoms with Crippen molar-refractivity contribution in [1.29, 1.82) is 0 Å². The third-order valence-electron chi connectivity index (χ3n) is 8.96. The molecule has 6 aromatic carbocycles. The molecule has 0 fully saturated rings. The Bertz CT molecular complexity index is 2010. The van der Waals surface area contributed by atoms with E-state index in [2.05, 4.69) is 163 Å². The molecule has 0 bridgehead atoms. The Morgan fingerprint density at radius 3 is 1.58 bits per heavy atom. The molecule has 1 aliphatic carbocycles. The summed E-state index contributed by atoms with van der Waals surface area (Å²) >= 11 is 1.08. The van der Waals surface area contributed by atoms with Crippen molar-refractivity contribution in [1.82, 2.24) is 0 Å². The summed E-state index contributed by atoms with van der Waals surface area (Å²) in [4.78, 5) is 0. The van der Waals surface area contributed by atoms with Gasteiger partial charge in [-0.25, -0.2) is 0 Å². The van der Waals surface area contributed by atoms with Gasteiger partial charge in [0.15, 0.2) is 0 Å². The van der Waals surface area contributed by atoms with Gasteiger partial charge in [-0.3, -0.25) is 0 Å². The zero-order valence-corrected chi connectivity index (χ0v) is 34.3. The number of ether oxygens (including phenoxy) is 2. The normalized spacial score (nSPS) is 12.5. The van der Waals surface area contributed by atoms with Crippen molar-refractivity contribution in [2.45, 2.75) is 58.8 Å². The van der Waals surface area contributed by atoms with Crippen LogP contribution in [0.25, 0.3) is 27.1 Å². The predicted molar refractivity (Wildman–Crippen MR) is 210 cm³/mol. The first-order valence-corrected chi connectivity index (χ1v) is 19.0. The van der Waals surface area contributed by atoms with E-state index in [-0.39, 0.29) is 10.8 Å². The van der Waals surface area contributed by atoms with Gasteiger partial charge in [0.2, 0.25) is 0 Å². The molecule has 7 rings (SSSR count). The second-order valence-electron chi connectivity index (χ2n) is 14.6. The van der Waals surface area contributed by atoms with E-state index in [0.29, 0.717) is 0 Å². The molecule has 0 amide bonds. The van der Waals surface area contributed by atoms with E-state index in [9.17, 15) is 0 Å². The molecule has 0 saturated heterocycles. The zero-order valence-electron chi connectivity index (χ0n) is 30.7. The molecule has 0 unspecified atom stereocenters. The summed E-state index contributed by atoms with van der Waals surface area (Å²) < 4.78 is 11.9. The van der Waals surface area contributed by atoms with E-state index in [1.54, 1.807) is 14.2 Å². The average Bonchev–Trinajstić information content (AvgIpc) is 3.79. The van der Waals surface area contributed by atoms with Gasteiger partial charge in [0.05, 0.1) is 20.0 Å². The Kier molecular flexibility index (Phi) is 12.0. The zero-order chi connectivity index (χ0) is 35.9. The second kappa shape index (κ2) is 16.2. The van der Waals surface area contributed by atoms with Crippen LogP contribution in [-0.2, 0) is 34.7 Å². The second-order valence-corrected chi connectivity index (χ2v) is 16.4. The number of allylic oxidation sites excluding steroid dienone is 4. The molecule has 0 atom stereocenters. The van der Waals surface area contributed by atoms with Gasteiger partial charge < -0.3 is 9.47 Å². The van der Waals surface area contributed by atoms with E-state index < -0.39 is 0 Å². The van der Waals surface area contributed by atoms with E-state index in [1.807, 2.05) is 18.2 Å². The van der Waals surface area contributed by atoms with Gasteiger partial charge >= 0.3 is 98.9 Å². The van der Waals surface area contributed by atoms with Crippen LogP contribution in [0.5, 0.6) is 11.5 Å². The van der Waals surface area contributed by atoms with Crippen molar-refractivity contribution < 1.29 is 33.4 Å². The van der Waals surface area contributed by atoms with Gasteiger partial charge in [0, 0.05) is 6.07 Å². The maximum absolute atomic E-state index is 5.33. The van der Waals surface area contributed by atoms with Crippen LogP contribution in [0.4, 0.5) is 0 Å². The van der Waals surface area contributed by atoms with Crippen LogP contribution in [0.15, 0.2) is 133 Å². The summed E-state index contributed by atoms with van der Waals surface area (Å²) in [5, 5.41) is 5.48. The van der Waals surface area contributed by atoms with Crippen LogP contribution in [0.3, 0.4) is 0 Å². The van der Waals surface area contributed by atoms with Gasteiger partial charge in [0.1, 0.15) is 5.75 Å². The standard InChI is InChI=1S/C21H25.C13H13O2.C13H10.Hf/c1-20(2,3)16-7-9-18-14(12-16)11-15-13-17(21(4,5)6)8-10-19(15)18;1-14-11-7-8-12(13(9-11)15-2)10-5-3-4-6-10;1-3-7-12(8-4-1)11-13-9-5-2-6-10-13;/h7-13H,1-6H3;3,5,7-9H,4H2,1-2H3;1-10H;/q2*-1;;+2. The number of hydrogen-bond donors (Lipinski definition) is 0. The van der Waals surface area contributed by atoms with Crippen LogP contribution in [0.2, 0.25) is 0 Å². The number of fused-ring (bicyclic) bond motifs is 3. The summed E-state index contributed by atoms with van der Waals surface area (Å²) in [6.07, 6.45) is 8.29. The van der Waals surface area contributed by atoms with Crippen molar-refractivity contribution in [3.63, 3.8) is 0 Å². The van der Waals surface area contributed by atoms with Crippen molar-refractivity contribution in [2.75, 3.05) is 14.2 Å². The third kappa shape index (κ3) is 9.11. The van der Waals surface area contributed by atoms with Gasteiger partial charge in [-0.2, -0.15) is 17.7 Å². The Balaban J connectivity index is 0.000000150. The van der Waals surface area contributed by atoms with Crippen molar-refractivity contribution >= 4 is 30.4 Å². The average molecular weight is 823 g/mol. The molecule has 1 aliphatic rings. The molecule has 252 valence electrons. The van der Waals surface area contributed by atoms with Crippen molar-refractivity contribution in [2.24, 2.45) is 0 Å². The Labute approximate surface area is 313 Å². The Morgan fingerprint density at radius 2 is 1.16 bits per heavy atom. The quantitative estimate of drug-likeness (QED) is 0.127. The van der Waals surface area contributed by atoms with Gasteiger partial charge in [-0.1, -0.05) is 88.9 Å². The molecular formula is C47H48HfO2. The summed E-state index contributed by atoms with van der Waals surface area (Å²) in [5.41, 5.74) is 8.07. The molecule has 6 aromatic rings. The number of hydrogen-bond acceptors (Lipinski definition) is 2. The predicted octanol–water partition coefficient (Wildman–Crippen LogP) is 12.0. The first-order chi connectivity index (χ1) is 23.9. The molecule has 0 aliphatic heterocycles. The summed E-state index contributed by atoms with van der Waals surface area (Å²) in [5.74, 6) is 1.63. The summed E-state index contributed by atoms with van der Waals surface area (Å²) in [6.45, 7) is 13.6. The molecule has 2 nitrogen and oxygen atoms in total. The van der Waals surface area contributed by atoms with Crippen molar-refractivity contribution in [3.8, 4) is 11.5 Å². The monoisotopic (exact) mass is 824 g/mol. The van der Waals surface area contributed by atoms with Gasteiger partial charge in [-0.15, -0.1) is 51.9 Å². The number of rotatable bonds is 5. The molecule has 0 spiro atoms. The fourth-order valence-electron chi connectivity index (χ4n) is 5.94. The molecule has 0 N–H and O–H groups in total. The molecule has 3 heteroatoms. The first kappa shape index (κ1) is 37.1. The summed E-state index contributed by atoms with van der Waals surface area (Å²) in [7, 11) is 3.31. The first-order valence-electron chi connectivity index (χ1n) is 17.2. The third-order valence-corrected chi connectivity index (χ3v) is 11.0. The van der Waals surface area contributed by atoms with Gasteiger partial charge in [0.25, 0.3) is 0 Å². The number of benzene rings is 5. The molecular weight excluding hydrogens is 775 g/mol. The van der Waals surface area contributed by atoms with E-state index in [1.165, 1.54) is 47.1 Å². The fourth-order valence-corrected chi connectivity index (χ4v) is 7.14. The minimum atomic E-state index is 0.203. The fraction of sp³-hybridized carbons (Fsp3) is 0.234. The SMILES string of the molecule is CC(C)(C)c1ccc2c(c1)[cH-]c1cc(C(C)(C)C)ccc12.COc1ccc(C2=[C-]CC=C2)c(OC)c1.[Hf+2]=[C](c1ccccc1)c1ccccc1. The van der Waals surface area contributed by atoms with E-state index in [0.717, 1.165) is 52.9 Å². The van der Waals surface area contributed by atoms with E-state index >= 15 is 0 Å². The van der Waals surface area contributed by atoms with Crippen molar-refractivity contribution in [3.05, 3.63) is 167 Å². The molecule has 0 radical (unpaired) electrons. The van der Waals surface area contributed by atoms with Crippen LogP contribution >= 0.6 is 0 Å². The van der Waals surface area contributed by atoms with Crippen LogP contribution in [0, 0.1) is 6.08 Å². The topological polar surface area (TPSA) is 18.5 Å². The summed E-state index contributed by atoms with van der Waals surface area (Å²) in [6, 6.07) is 43.2. The molecule has 0 saturated carbocycles. The Morgan fingerprint density at radius 1 is 0.640 bits per heavy atom. The number of methoxy groups -OCH3 is 2. The maximum atomic E-state index is 5.33. The van der Waals surface area contributed by atoms with E-state index in [4.69, 9.17) is 9.47 Å². The molecule has 50 heavy (non-hydrogen) atoms. The van der Waals surface area contributed by atoms with Crippen LogP contribution < -0.4 is 9.47 Å². The van der Waals surface area contributed by atoms with Gasteiger partial charge in [-0.05, 0) is 16.9 Å². The minimum absolute atomic E-state index is 0.203. The Hall–Kier alpha value is -4.21. The van der Waals surface area contributed by atoms with Crippen LogP contribution in [-0.4, -0.2) is 17.5 Å². The molecule has 0 heterocycles.